The molecule has 360 valence electrons. The van der Waals surface area contributed by atoms with Crippen LogP contribution in [0.15, 0.2) is 12.2 Å². The van der Waals surface area contributed by atoms with Crippen molar-refractivity contribution in [3.63, 3.8) is 0 Å². The lowest BCUT2D eigenvalue weighted by Gasteiger charge is -2.18. The standard InChI is InChI=1S/C55H104O6/c1-5-7-9-11-13-15-17-19-20-23-27-31-35-39-43-47-54(57)60-50-52(49-59-53(56)46-42-38-34-30-26-18-16-14-12-10-8-6-2)61-55(58)48-44-40-36-32-28-24-21-22-25-29-33-37-41-45-51(3)4/h19-20,51-52H,5-18,21-50H2,1-4H3. The molecule has 0 heterocycles. The number of hydrogen-bond acceptors (Lipinski definition) is 6. The minimum Gasteiger partial charge on any atom is -0.462 e. The van der Waals surface area contributed by atoms with Crippen LogP contribution in [0.2, 0.25) is 0 Å². The van der Waals surface area contributed by atoms with E-state index in [1.807, 2.05) is 0 Å². The molecule has 0 aromatic carbocycles. The molecule has 0 aliphatic carbocycles. The third-order valence-corrected chi connectivity index (χ3v) is 12.2. The maximum atomic E-state index is 12.8. The molecule has 0 saturated heterocycles. The number of rotatable bonds is 49. The molecular formula is C55H104O6. The van der Waals surface area contributed by atoms with E-state index < -0.39 is 6.10 Å². The molecule has 6 heteroatoms. The van der Waals surface area contributed by atoms with Crippen molar-refractivity contribution in [2.24, 2.45) is 5.92 Å². The topological polar surface area (TPSA) is 78.9 Å². The fraction of sp³-hybridized carbons (Fsp3) is 0.909. The molecule has 0 rings (SSSR count). The zero-order valence-corrected chi connectivity index (χ0v) is 41.4. The molecule has 0 saturated carbocycles. The van der Waals surface area contributed by atoms with Gasteiger partial charge in [-0.2, -0.15) is 0 Å². The maximum Gasteiger partial charge on any atom is 0.306 e. The molecule has 0 spiro atoms. The number of esters is 3. The Kier molecular flexibility index (Phi) is 47.7. The summed E-state index contributed by atoms with van der Waals surface area (Å²) in [4.78, 5) is 38.0. The average molecular weight is 861 g/mol. The van der Waals surface area contributed by atoms with Gasteiger partial charge in [0.05, 0.1) is 0 Å². The third kappa shape index (κ3) is 49.0. The van der Waals surface area contributed by atoms with Gasteiger partial charge in [-0.15, -0.1) is 0 Å². The normalized spacial score (nSPS) is 12.1. The Hall–Kier alpha value is -1.85. The second-order valence-corrected chi connectivity index (χ2v) is 19.0. The Bertz CT molecular complexity index is 960. The Balaban J connectivity index is 4.33. The number of unbranched alkanes of at least 4 members (excludes halogenated alkanes) is 34. The van der Waals surface area contributed by atoms with Crippen molar-refractivity contribution in [1.82, 2.24) is 0 Å². The predicted molar refractivity (Wildman–Crippen MR) is 261 cm³/mol. The first-order chi connectivity index (χ1) is 29.9. The highest BCUT2D eigenvalue weighted by Crippen LogP contribution is 2.17. The summed E-state index contributed by atoms with van der Waals surface area (Å²) >= 11 is 0. The van der Waals surface area contributed by atoms with E-state index in [0.29, 0.717) is 19.3 Å². The minimum atomic E-state index is -0.767. The van der Waals surface area contributed by atoms with E-state index in [1.54, 1.807) is 0 Å². The van der Waals surface area contributed by atoms with Crippen molar-refractivity contribution >= 4 is 17.9 Å². The van der Waals surface area contributed by atoms with Crippen LogP contribution < -0.4 is 0 Å². The number of carbonyl (C=O) groups is 3. The summed E-state index contributed by atoms with van der Waals surface area (Å²) < 4.78 is 16.8. The maximum absolute atomic E-state index is 12.8. The smallest absolute Gasteiger partial charge is 0.306 e. The quantitative estimate of drug-likeness (QED) is 0.0262. The van der Waals surface area contributed by atoms with Gasteiger partial charge in [0, 0.05) is 19.3 Å². The zero-order chi connectivity index (χ0) is 44.5. The Morgan fingerprint density at radius 3 is 0.967 bits per heavy atom. The molecule has 1 unspecified atom stereocenters. The van der Waals surface area contributed by atoms with Crippen LogP contribution in [0.25, 0.3) is 0 Å². The second kappa shape index (κ2) is 49.2. The van der Waals surface area contributed by atoms with Gasteiger partial charge >= 0.3 is 17.9 Å². The highest BCUT2D eigenvalue weighted by molar-refractivity contribution is 5.71. The van der Waals surface area contributed by atoms with E-state index in [2.05, 4.69) is 39.8 Å². The van der Waals surface area contributed by atoms with Crippen LogP contribution in [0, 0.1) is 5.92 Å². The van der Waals surface area contributed by atoms with Crippen molar-refractivity contribution in [2.75, 3.05) is 13.2 Å². The highest BCUT2D eigenvalue weighted by Gasteiger charge is 2.19. The molecule has 1 atom stereocenters. The molecule has 0 aliphatic heterocycles. The van der Waals surface area contributed by atoms with Gasteiger partial charge in [-0.05, 0) is 50.9 Å². The predicted octanol–water partition coefficient (Wildman–Crippen LogP) is 17.6. The third-order valence-electron chi connectivity index (χ3n) is 12.2. The van der Waals surface area contributed by atoms with Crippen LogP contribution in [0.4, 0.5) is 0 Å². The SMILES string of the molecule is CCCCCCCCC=CCCCCCCCC(=O)OCC(COC(=O)CCCCCCCCCCCCCC)OC(=O)CCCCCCCCCCCCCCCC(C)C. The van der Waals surface area contributed by atoms with Crippen molar-refractivity contribution in [2.45, 2.75) is 303 Å². The first kappa shape index (κ1) is 59.1. The van der Waals surface area contributed by atoms with Gasteiger partial charge in [-0.3, -0.25) is 14.4 Å². The summed E-state index contributed by atoms with van der Waals surface area (Å²) in [6, 6.07) is 0. The van der Waals surface area contributed by atoms with Crippen LogP contribution in [-0.4, -0.2) is 37.2 Å². The molecular weight excluding hydrogens is 757 g/mol. The molecule has 61 heavy (non-hydrogen) atoms. The molecule has 0 aromatic rings. The lowest BCUT2D eigenvalue weighted by atomic mass is 10.0. The Morgan fingerprint density at radius 2 is 0.639 bits per heavy atom. The van der Waals surface area contributed by atoms with E-state index in [9.17, 15) is 14.4 Å². The molecule has 0 aliphatic rings. The largest absolute Gasteiger partial charge is 0.462 e. The van der Waals surface area contributed by atoms with Gasteiger partial charge in [0.15, 0.2) is 6.10 Å². The van der Waals surface area contributed by atoms with Crippen molar-refractivity contribution in [3.05, 3.63) is 12.2 Å². The van der Waals surface area contributed by atoms with Gasteiger partial charge in [-0.1, -0.05) is 245 Å². The summed E-state index contributed by atoms with van der Waals surface area (Å²) in [5.41, 5.74) is 0. The van der Waals surface area contributed by atoms with Crippen LogP contribution in [0.1, 0.15) is 297 Å². The number of ether oxygens (including phenoxy) is 3. The molecule has 6 nitrogen and oxygen atoms in total. The van der Waals surface area contributed by atoms with Gasteiger partial charge in [0.2, 0.25) is 0 Å². The molecule has 0 bridgehead atoms. The van der Waals surface area contributed by atoms with Crippen molar-refractivity contribution in [3.8, 4) is 0 Å². The minimum absolute atomic E-state index is 0.0678. The van der Waals surface area contributed by atoms with E-state index in [-0.39, 0.29) is 31.1 Å². The van der Waals surface area contributed by atoms with Crippen LogP contribution in [-0.2, 0) is 28.6 Å². The van der Waals surface area contributed by atoms with E-state index in [0.717, 1.165) is 70.1 Å². The van der Waals surface area contributed by atoms with Crippen LogP contribution in [0.3, 0.4) is 0 Å². The molecule has 0 N–H and O–H groups in total. The molecule has 0 amide bonds. The number of allylic oxidation sites excluding steroid dienone is 2. The summed E-state index contributed by atoms with van der Waals surface area (Å²) in [5.74, 6) is -0.0224. The van der Waals surface area contributed by atoms with Crippen LogP contribution >= 0.6 is 0 Å². The highest BCUT2D eigenvalue weighted by atomic mass is 16.6. The van der Waals surface area contributed by atoms with E-state index in [1.165, 1.54) is 186 Å². The monoisotopic (exact) mass is 861 g/mol. The van der Waals surface area contributed by atoms with Crippen molar-refractivity contribution in [1.29, 1.82) is 0 Å². The Labute approximate surface area is 380 Å². The van der Waals surface area contributed by atoms with E-state index >= 15 is 0 Å². The van der Waals surface area contributed by atoms with Gasteiger partial charge in [0.1, 0.15) is 13.2 Å². The second-order valence-electron chi connectivity index (χ2n) is 19.0. The fourth-order valence-electron chi connectivity index (χ4n) is 8.09. The van der Waals surface area contributed by atoms with Gasteiger partial charge in [0.25, 0.3) is 0 Å². The number of carbonyl (C=O) groups excluding carboxylic acids is 3. The zero-order valence-electron chi connectivity index (χ0n) is 41.4. The Morgan fingerprint density at radius 1 is 0.361 bits per heavy atom. The van der Waals surface area contributed by atoms with E-state index in [4.69, 9.17) is 14.2 Å². The average Bonchev–Trinajstić information content (AvgIpc) is 3.24. The van der Waals surface area contributed by atoms with Crippen LogP contribution in [0.5, 0.6) is 0 Å². The lowest BCUT2D eigenvalue weighted by Crippen LogP contribution is -2.30. The summed E-state index contributed by atoms with van der Waals surface area (Å²) in [5, 5.41) is 0. The fourth-order valence-corrected chi connectivity index (χ4v) is 8.09. The van der Waals surface area contributed by atoms with Crippen molar-refractivity contribution < 1.29 is 28.6 Å². The summed E-state index contributed by atoms with van der Waals surface area (Å²) in [6.45, 7) is 9.02. The summed E-state index contributed by atoms with van der Waals surface area (Å²) in [6.07, 6.45) is 53.3. The van der Waals surface area contributed by atoms with Gasteiger partial charge < -0.3 is 14.2 Å². The van der Waals surface area contributed by atoms with Gasteiger partial charge in [-0.25, -0.2) is 0 Å². The first-order valence-corrected chi connectivity index (χ1v) is 27.0. The first-order valence-electron chi connectivity index (χ1n) is 27.0. The molecule has 0 aromatic heterocycles. The molecule has 0 radical (unpaired) electrons. The number of hydrogen-bond donors (Lipinski definition) is 0. The lowest BCUT2D eigenvalue weighted by molar-refractivity contribution is -0.167. The summed E-state index contributed by atoms with van der Waals surface area (Å²) in [7, 11) is 0. The molecule has 0 fully saturated rings.